The Hall–Kier alpha value is -6.95. The third-order valence-electron chi connectivity index (χ3n) is 10.4. The summed E-state index contributed by atoms with van der Waals surface area (Å²) in [6, 6.07) is 59.4. The van der Waals surface area contributed by atoms with Crippen LogP contribution in [0.2, 0.25) is 0 Å². The molecule has 0 N–H and O–H groups in total. The van der Waals surface area contributed by atoms with E-state index in [1.165, 1.54) is 20.2 Å². The molecule has 0 aliphatic heterocycles. The molecule has 0 spiro atoms. The Kier molecular flexibility index (Phi) is 7.00. The number of rotatable bonds is 5. The second-order valence-electron chi connectivity index (χ2n) is 13.6. The maximum absolute atomic E-state index is 6.76. The molecule has 11 rings (SSSR count). The van der Waals surface area contributed by atoms with Crippen LogP contribution >= 0.6 is 11.3 Å². The van der Waals surface area contributed by atoms with Gasteiger partial charge in [-0.1, -0.05) is 133 Å². The first kappa shape index (κ1) is 30.7. The topological polar surface area (TPSA) is 51.8 Å². The Morgan fingerprint density at radius 2 is 1.17 bits per heavy atom. The van der Waals surface area contributed by atoms with Crippen LogP contribution in [0.5, 0.6) is 0 Å². The summed E-state index contributed by atoms with van der Waals surface area (Å²) < 4.78 is 9.33. The third-order valence-corrected chi connectivity index (χ3v) is 11.5. The van der Waals surface area contributed by atoms with E-state index in [4.69, 9.17) is 14.4 Å². The first-order valence-electron chi connectivity index (χ1n) is 18.0. The number of para-hydroxylation sites is 2. The van der Waals surface area contributed by atoms with E-state index in [0.29, 0.717) is 5.82 Å². The van der Waals surface area contributed by atoms with Crippen LogP contribution in [0.4, 0.5) is 0 Å². The van der Waals surface area contributed by atoms with Crippen LogP contribution in [0.25, 0.3) is 109 Å². The Bertz CT molecular complexity index is 3210. The van der Waals surface area contributed by atoms with Crippen molar-refractivity contribution in [2.24, 2.45) is 0 Å². The molecule has 11 aromatic rings. The number of fused-ring (bicyclic) bond motifs is 7. The van der Waals surface area contributed by atoms with Crippen molar-refractivity contribution in [1.82, 2.24) is 15.0 Å². The van der Waals surface area contributed by atoms with E-state index in [9.17, 15) is 0 Å². The molecule has 0 unspecified atom stereocenters. The molecule has 0 atom stereocenters. The standard InChI is InChI=1S/C49H29N3OS/c1-2-10-31(11-3-1)41-29-42(52-49(51-41)33-21-19-30(20-22-33)36-16-8-12-32-13-9-27-50-47(32)36)39-26-25-35(46-40-15-4-6-17-43(40)53-48(39)46)34-23-24-38-37-14-5-7-18-44(37)54-45(38)28-34/h1-29H. The molecule has 252 valence electrons. The molecule has 5 heteroatoms. The molecule has 0 amide bonds. The molecular weight excluding hydrogens is 679 g/mol. The van der Waals surface area contributed by atoms with Gasteiger partial charge in [0, 0.05) is 64.8 Å². The summed E-state index contributed by atoms with van der Waals surface area (Å²) in [6.07, 6.45) is 1.85. The highest BCUT2D eigenvalue weighted by molar-refractivity contribution is 7.25. The number of furan rings is 1. The monoisotopic (exact) mass is 707 g/mol. The van der Waals surface area contributed by atoms with Crippen LogP contribution in [0.3, 0.4) is 0 Å². The van der Waals surface area contributed by atoms with Crippen molar-refractivity contribution in [2.45, 2.75) is 0 Å². The lowest BCUT2D eigenvalue weighted by Crippen LogP contribution is -1.96. The Labute approximate surface area is 314 Å². The highest BCUT2D eigenvalue weighted by Crippen LogP contribution is 2.44. The molecule has 0 bridgehead atoms. The number of benzene rings is 7. The lowest BCUT2D eigenvalue weighted by atomic mass is 9.95. The molecule has 0 radical (unpaired) electrons. The number of thiophene rings is 1. The van der Waals surface area contributed by atoms with Crippen LogP contribution in [0.1, 0.15) is 0 Å². The first-order valence-corrected chi connectivity index (χ1v) is 18.8. The highest BCUT2D eigenvalue weighted by Gasteiger charge is 2.20. The van der Waals surface area contributed by atoms with Gasteiger partial charge in [-0.3, -0.25) is 4.98 Å². The van der Waals surface area contributed by atoms with E-state index in [0.717, 1.165) is 83.2 Å². The highest BCUT2D eigenvalue weighted by atomic mass is 32.1. The molecule has 0 saturated carbocycles. The van der Waals surface area contributed by atoms with Gasteiger partial charge in [-0.05, 0) is 53.1 Å². The van der Waals surface area contributed by atoms with Crippen molar-refractivity contribution in [2.75, 3.05) is 0 Å². The fourth-order valence-electron chi connectivity index (χ4n) is 7.77. The fourth-order valence-corrected chi connectivity index (χ4v) is 8.92. The molecule has 0 fully saturated rings. The third kappa shape index (κ3) is 5.01. The molecule has 7 aromatic carbocycles. The minimum absolute atomic E-state index is 0.650. The van der Waals surface area contributed by atoms with Crippen molar-refractivity contribution in [3.05, 3.63) is 176 Å². The normalized spacial score (nSPS) is 11.7. The quantitative estimate of drug-likeness (QED) is 0.179. The number of nitrogens with zero attached hydrogens (tertiary/aromatic N) is 3. The Morgan fingerprint density at radius 1 is 0.444 bits per heavy atom. The van der Waals surface area contributed by atoms with E-state index < -0.39 is 0 Å². The van der Waals surface area contributed by atoms with Gasteiger partial charge in [0.1, 0.15) is 11.2 Å². The molecule has 0 aliphatic rings. The van der Waals surface area contributed by atoms with E-state index in [-0.39, 0.29) is 0 Å². The zero-order valence-electron chi connectivity index (χ0n) is 28.9. The fraction of sp³-hybridized carbons (Fsp3) is 0. The van der Waals surface area contributed by atoms with E-state index in [1.54, 1.807) is 0 Å². The second kappa shape index (κ2) is 12.3. The predicted molar refractivity (Wildman–Crippen MR) is 225 cm³/mol. The zero-order chi connectivity index (χ0) is 35.6. The van der Waals surface area contributed by atoms with Crippen molar-refractivity contribution < 1.29 is 4.42 Å². The Morgan fingerprint density at radius 3 is 2.07 bits per heavy atom. The summed E-state index contributed by atoms with van der Waals surface area (Å²) in [5.74, 6) is 0.650. The number of aromatic nitrogens is 3. The lowest BCUT2D eigenvalue weighted by Gasteiger charge is -2.12. The van der Waals surface area contributed by atoms with E-state index in [2.05, 4.69) is 138 Å². The smallest absolute Gasteiger partial charge is 0.160 e. The summed E-state index contributed by atoms with van der Waals surface area (Å²) >= 11 is 1.84. The van der Waals surface area contributed by atoms with Crippen LogP contribution in [0, 0.1) is 0 Å². The molecule has 4 heterocycles. The van der Waals surface area contributed by atoms with Gasteiger partial charge < -0.3 is 4.42 Å². The van der Waals surface area contributed by atoms with Gasteiger partial charge in [-0.15, -0.1) is 11.3 Å². The molecule has 0 saturated heterocycles. The second-order valence-corrected chi connectivity index (χ2v) is 14.6. The van der Waals surface area contributed by atoms with Gasteiger partial charge in [-0.25, -0.2) is 9.97 Å². The largest absolute Gasteiger partial charge is 0.455 e. The van der Waals surface area contributed by atoms with E-state index >= 15 is 0 Å². The number of hydrogen-bond acceptors (Lipinski definition) is 5. The van der Waals surface area contributed by atoms with Crippen molar-refractivity contribution in [3.63, 3.8) is 0 Å². The van der Waals surface area contributed by atoms with Crippen molar-refractivity contribution >= 4 is 64.4 Å². The molecule has 0 aliphatic carbocycles. The molecule has 4 aromatic heterocycles. The maximum Gasteiger partial charge on any atom is 0.160 e. The summed E-state index contributed by atoms with van der Waals surface area (Å²) in [6.45, 7) is 0. The van der Waals surface area contributed by atoms with E-state index in [1.807, 2.05) is 53.9 Å². The average Bonchev–Trinajstić information content (AvgIpc) is 3.82. The van der Waals surface area contributed by atoms with Gasteiger partial charge in [-0.2, -0.15) is 0 Å². The first-order chi connectivity index (χ1) is 26.7. The number of hydrogen-bond donors (Lipinski definition) is 0. The minimum atomic E-state index is 0.650. The van der Waals surface area contributed by atoms with Crippen LogP contribution in [-0.2, 0) is 0 Å². The van der Waals surface area contributed by atoms with Crippen LogP contribution in [0.15, 0.2) is 180 Å². The van der Waals surface area contributed by atoms with Gasteiger partial charge in [0.15, 0.2) is 5.82 Å². The predicted octanol–water partition coefficient (Wildman–Crippen LogP) is 13.6. The van der Waals surface area contributed by atoms with Crippen molar-refractivity contribution in [3.8, 4) is 56.2 Å². The van der Waals surface area contributed by atoms with Gasteiger partial charge >= 0.3 is 0 Å². The lowest BCUT2D eigenvalue weighted by molar-refractivity contribution is 0.670. The van der Waals surface area contributed by atoms with Gasteiger partial charge in [0.25, 0.3) is 0 Å². The van der Waals surface area contributed by atoms with Crippen LogP contribution < -0.4 is 0 Å². The molecular formula is C49H29N3OS. The summed E-state index contributed by atoms with van der Waals surface area (Å²) in [5, 5.41) is 5.86. The average molecular weight is 708 g/mol. The Balaban J connectivity index is 1.09. The van der Waals surface area contributed by atoms with Gasteiger partial charge in [0.2, 0.25) is 0 Å². The minimum Gasteiger partial charge on any atom is -0.455 e. The summed E-state index contributed by atoms with van der Waals surface area (Å²) in [4.78, 5) is 15.1. The zero-order valence-corrected chi connectivity index (χ0v) is 29.7. The maximum atomic E-state index is 6.76. The van der Waals surface area contributed by atoms with Gasteiger partial charge in [0.05, 0.1) is 16.9 Å². The molecule has 54 heavy (non-hydrogen) atoms. The SMILES string of the molecule is c1ccc(-c2cc(-c3ccc(-c4ccc5c(c4)sc4ccccc45)c4c3oc3ccccc34)nc(-c3ccc(-c4cccc5cccnc45)cc3)n2)cc1. The number of pyridine rings is 1. The molecule has 4 nitrogen and oxygen atoms in total. The summed E-state index contributed by atoms with van der Waals surface area (Å²) in [7, 11) is 0. The summed E-state index contributed by atoms with van der Waals surface area (Å²) in [5.41, 5.74) is 11.7. The van der Waals surface area contributed by atoms with Crippen molar-refractivity contribution in [1.29, 1.82) is 0 Å². The van der Waals surface area contributed by atoms with Crippen LogP contribution in [-0.4, -0.2) is 15.0 Å².